The Morgan fingerprint density at radius 2 is 1.78 bits per heavy atom. The standard InChI is InChI=1S/C12H24ClN3O2/c1-8(2)6-10(7-16(4)5)14-12(18)15-11(17)9(3)13/h8-10H,6-7H2,1-5H3,(H2,14,15,17,18). The zero-order chi connectivity index (χ0) is 14.3. The lowest BCUT2D eigenvalue weighted by molar-refractivity contribution is -0.119. The Labute approximate surface area is 114 Å². The van der Waals surface area contributed by atoms with E-state index in [0.717, 1.165) is 13.0 Å². The fourth-order valence-corrected chi connectivity index (χ4v) is 1.68. The molecule has 5 nitrogen and oxygen atoms in total. The van der Waals surface area contributed by atoms with Crippen molar-refractivity contribution in [2.24, 2.45) is 5.92 Å². The summed E-state index contributed by atoms with van der Waals surface area (Å²) in [6, 6.07) is -0.474. The highest BCUT2D eigenvalue weighted by molar-refractivity contribution is 6.31. The second-order valence-electron chi connectivity index (χ2n) is 5.17. The van der Waals surface area contributed by atoms with E-state index >= 15 is 0 Å². The topological polar surface area (TPSA) is 61.4 Å². The Hall–Kier alpha value is -0.810. The van der Waals surface area contributed by atoms with Crippen molar-refractivity contribution in [2.45, 2.75) is 38.6 Å². The van der Waals surface area contributed by atoms with Crippen LogP contribution >= 0.6 is 11.6 Å². The van der Waals surface area contributed by atoms with Gasteiger partial charge in [0.15, 0.2) is 0 Å². The van der Waals surface area contributed by atoms with Gasteiger partial charge in [-0.25, -0.2) is 4.79 Å². The van der Waals surface area contributed by atoms with Gasteiger partial charge in [-0.3, -0.25) is 10.1 Å². The van der Waals surface area contributed by atoms with E-state index in [1.807, 2.05) is 19.0 Å². The van der Waals surface area contributed by atoms with E-state index in [0.29, 0.717) is 5.92 Å². The zero-order valence-electron chi connectivity index (χ0n) is 11.8. The first kappa shape index (κ1) is 17.2. The molecule has 0 fully saturated rings. The molecule has 0 aromatic carbocycles. The zero-order valence-corrected chi connectivity index (χ0v) is 12.5. The number of carbonyl (C=O) groups excluding carboxylic acids is 2. The number of halogens is 1. The molecule has 0 rings (SSSR count). The number of hydrogen-bond acceptors (Lipinski definition) is 3. The summed E-state index contributed by atoms with van der Waals surface area (Å²) in [4.78, 5) is 24.9. The Balaban J connectivity index is 4.30. The largest absolute Gasteiger partial charge is 0.334 e. The molecule has 0 saturated carbocycles. The van der Waals surface area contributed by atoms with Crippen molar-refractivity contribution in [2.75, 3.05) is 20.6 Å². The van der Waals surface area contributed by atoms with Gasteiger partial charge in [0, 0.05) is 12.6 Å². The highest BCUT2D eigenvalue weighted by atomic mass is 35.5. The molecule has 3 amide bonds. The van der Waals surface area contributed by atoms with Crippen LogP contribution in [-0.2, 0) is 4.79 Å². The van der Waals surface area contributed by atoms with Crippen LogP contribution in [0.3, 0.4) is 0 Å². The molecule has 2 atom stereocenters. The molecule has 0 aromatic rings. The van der Waals surface area contributed by atoms with Gasteiger partial charge in [-0.1, -0.05) is 13.8 Å². The molecule has 0 spiro atoms. The molecular formula is C12H24ClN3O2. The maximum Gasteiger partial charge on any atom is 0.321 e. The predicted molar refractivity (Wildman–Crippen MR) is 73.8 cm³/mol. The summed E-state index contributed by atoms with van der Waals surface area (Å²) in [6.07, 6.45) is 0.857. The minimum absolute atomic E-state index is 0.0124. The van der Waals surface area contributed by atoms with Gasteiger partial charge in [0.25, 0.3) is 0 Å². The maximum atomic E-state index is 11.6. The molecule has 0 aliphatic carbocycles. The van der Waals surface area contributed by atoms with Crippen LogP contribution in [0.4, 0.5) is 4.79 Å². The molecular weight excluding hydrogens is 254 g/mol. The van der Waals surface area contributed by atoms with Gasteiger partial charge in [0.2, 0.25) is 5.91 Å². The number of nitrogens with one attached hydrogen (secondary N) is 2. The number of rotatable bonds is 6. The van der Waals surface area contributed by atoms with E-state index < -0.39 is 17.3 Å². The normalized spacial score (nSPS) is 14.4. The third-order valence-electron chi connectivity index (χ3n) is 2.27. The Morgan fingerprint density at radius 1 is 1.22 bits per heavy atom. The highest BCUT2D eigenvalue weighted by Gasteiger charge is 2.18. The molecule has 0 aliphatic rings. The number of likely N-dealkylation sites (N-methyl/N-ethyl adjacent to an activating group) is 1. The predicted octanol–water partition coefficient (Wildman–Crippen LogP) is 1.42. The molecule has 106 valence electrons. The number of nitrogens with zero attached hydrogens (tertiary/aromatic N) is 1. The fraction of sp³-hybridized carbons (Fsp3) is 0.833. The summed E-state index contributed by atoms with van der Waals surface area (Å²) in [6.45, 7) is 6.44. The second kappa shape index (κ2) is 8.32. The van der Waals surface area contributed by atoms with Crippen LogP contribution in [-0.4, -0.2) is 48.9 Å². The van der Waals surface area contributed by atoms with Gasteiger partial charge < -0.3 is 10.2 Å². The second-order valence-corrected chi connectivity index (χ2v) is 5.82. The van der Waals surface area contributed by atoms with Crippen molar-refractivity contribution in [1.82, 2.24) is 15.5 Å². The number of alkyl halides is 1. The van der Waals surface area contributed by atoms with Crippen LogP contribution in [0.25, 0.3) is 0 Å². The average Bonchev–Trinajstić information content (AvgIpc) is 2.14. The van der Waals surface area contributed by atoms with Gasteiger partial charge in [-0.2, -0.15) is 0 Å². The SMILES string of the molecule is CC(C)CC(CN(C)C)NC(=O)NC(=O)C(C)Cl. The van der Waals surface area contributed by atoms with Crippen LogP contribution in [0.5, 0.6) is 0 Å². The molecule has 0 radical (unpaired) electrons. The van der Waals surface area contributed by atoms with Crippen molar-refractivity contribution >= 4 is 23.5 Å². The van der Waals surface area contributed by atoms with Crippen molar-refractivity contribution in [1.29, 1.82) is 0 Å². The van der Waals surface area contributed by atoms with Crippen LogP contribution in [0.1, 0.15) is 27.2 Å². The van der Waals surface area contributed by atoms with Crippen molar-refractivity contribution in [3.63, 3.8) is 0 Å². The number of carbonyl (C=O) groups is 2. The van der Waals surface area contributed by atoms with Crippen LogP contribution in [0.15, 0.2) is 0 Å². The lowest BCUT2D eigenvalue weighted by Crippen LogP contribution is -2.49. The van der Waals surface area contributed by atoms with E-state index in [1.165, 1.54) is 6.92 Å². The summed E-state index contributed by atoms with van der Waals surface area (Å²) >= 11 is 5.58. The van der Waals surface area contributed by atoms with E-state index in [-0.39, 0.29) is 6.04 Å². The van der Waals surface area contributed by atoms with Crippen molar-refractivity contribution in [3.8, 4) is 0 Å². The molecule has 0 saturated heterocycles. The summed E-state index contributed by atoms with van der Waals surface area (Å²) < 4.78 is 0. The fourth-order valence-electron chi connectivity index (χ4n) is 1.62. The summed E-state index contributed by atoms with van der Waals surface area (Å²) in [5, 5.41) is 4.30. The third kappa shape index (κ3) is 8.31. The molecule has 0 heterocycles. The van der Waals surface area contributed by atoms with Crippen LogP contribution in [0, 0.1) is 5.92 Å². The van der Waals surface area contributed by atoms with Crippen LogP contribution < -0.4 is 10.6 Å². The Morgan fingerprint density at radius 3 is 2.17 bits per heavy atom. The summed E-state index contributed by atoms with van der Waals surface area (Å²) in [5.74, 6) is -0.0137. The number of urea groups is 1. The van der Waals surface area contributed by atoms with Gasteiger partial charge in [-0.15, -0.1) is 11.6 Å². The first-order chi connectivity index (χ1) is 8.22. The van der Waals surface area contributed by atoms with Gasteiger partial charge in [-0.05, 0) is 33.4 Å². The number of amides is 3. The summed E-state index contributed by atoms with van der Waals surface area (Å²) in [7, 11) is 3.89. The average molecular weight is 278 g/mol. The Kier molecular flexibility index (Phi) is 7.95. The minimum Gasteiger partial charge on any atom is -0.334 e. The third-order valence-corrected chi connectivity index (χ3v) is 2.47. The Bertz CT molecular complexity index is 270. The smallest absolute Gasteiger partial charge is 0.321 e. The lowest BCUT2D eigenvalue weighted by Gasteiger charge is -2.24. The van der Waals surface area contributed by atoms with E-state index in [2.05, 4.69) is 24.5 Å². The first-order valence-corrected chi connectivity index (χ1v) is 6.56. The molecule has 0 aliphatic heterocycles. The minimum atomic E-state index is -0.715. The molecule has 6 heteroatoms. The molecule has 0 aromatic heterocycles. The van der Waals surface area contributed by atoms with E-state index in [9.17, 15) is 9.59 Å². The number of hydrogen-bond donors (Lipinski definition) is 2. The maximum absolute atomic E-state index is 11.6. The molecule has 18 heavy (non-hydrogen) atoms. The molecule has 2 N–H and O–H groups in total. The molecule has 2 unspecified atom stereocenters. The number of imide groups is 1. The lowest BCUT2D eigenvalue weighted by atomic mass is 10.0. The first-order valence-electron chi connectivity index (χ1n) is 6.12. The molecule has 0 bridgehead atoms. The van der Waals surface area contributed by atoms with E-state index in [1.54, 1.807) is 0 Å². The highest BCUT2D eigenvalue weighted by Crippen LogP contribution is 2.05. The monoisotopic (exact) mass is 277 g/mol. The summed E-state index contributed by atoms with van der Waals surface area (Å²) in [5.41, 5.74) is 0. The van der Waals surface area contributed by atoms with Gasteiger partial charge >= 0.3 is 6.03 Å². The van der Waals surface area contributed by atoms with Crippen molar-refractivity contribution in [3.05, 3.63) is 0 Å². The van der Waals surface area contributed by atoms with Gasteiger partial charge in [0.1, 0.15) is 5.38 Å². The van der Waals surface area contributed by atoms with Crippen LogP contribution in [0.2, 0.25) is 0 Å². The van der Waals surface area contributed by atoms with E-state index in [4.69, 9.17) is 11.6 Å². The quantitative estimate of drug-likeness (QED) is 0.722. The van der Waals surface area contributed by atoms with Crippen molar-refractivity contribution < 1.29 is 9.59 Å². The van der Waals surface area contributed by atoms with Gasteiger partial charge in [0.05, 0.1) is 0 Å².